The Balaban J connectivity index is 3.07. The molecule has 0 aliphatic heterocycles. The maximum Gasteiger partial charge on any atom is 0.458 e. The summed E-state index contributed by atoms with van der Waals surface area (Å²) in [4.78, 5) is 0. The van der Waals surface area contributed by atoms with E-state index in [0.29, 0.717) is 5.56 Å². The molecule has 2 N–H and O–H groups in total. The van der Waals surface area contributed by atoms with Gasteiger partial charge < -0.3 is 5.73 Å². The molecule has 96 valence electrons. The Morgan fingerprint density at radius 1 is 1.18 bits per heavy atom. The van der Waals surface area contributed by atoms with Crippen LogP contribution in [0.15, 0.2) is 24.3 Å². The van der Waals surface area contributed by atoms with Crippen molar-refractivity contribution >= 4 is 0 Å². The smallest absolute Gasteiger partial charge is 0.328 e. The molecule has 0 fully saturated rings. The van der Waals surface area contributed by atoms with Gasteiger partial charge in [-0.3, -0.25) is 0 Å². The fraction of sp³-hybridized carbons (Fsp3) is 0.455. The third-order valence-corrected chi connectivity index (χ3v) is 2.20. The van der Waals surface area contributed by atoms with Gasteiger partial charge in [-0.15, -0.1) is 0 Å². The SMILES string of the molecule is CC(N)Cc1cccc(C(F)(F)C(F)(F)F)c1. The van der Waals surface area contributed by atoms with Gasteiger partial charge in [-0.1, -0.05) is 18.2 Å². The van der Waals surface area contributed by atoms with E-state index in [9.17, 15) is 22.0 Å². The van der Waals surface area contributed by atoms with Gasteiger partial charge in [-0.2, -0.15) is 22.0 Å². The number of hydrogen-bond donors (Lipinski definition) is 1. The minimum absolute atomic E-state index is 0.252. The van der Waals surface area contributed by atoms with Gasteiger partial charge in [0.1, 0.15) is 0 Å². The molecule has 0 aliphatic rings. The number of alkyl halides is 5. The van der Waals surface area contributed by atoms with E-state index >= 15 is 0 Å². The molecule has 0 heterocycles. The van der Waals surface area contributed by atoms with Crippen molar-refractivity contribution < 1.29 is 22.0 Å². The Labute approximate surface area is 95.4 Å². The zero-order chi connectivity index (χ0) is 13.3. The van der Waals surface area contributed by atoms with Gasteiger partial charge in [-0.25, -0.2) is 0 Å². The predicted octanol–water partition coefficient (Wildman–Crippen LogP) is 3.23. The maximum atomic E-state index is 13.0. The fourth-order valence-corrected chi connectivity index (χ4v) is 1.43. The molecular weight excluding hydrogens is 241 g/mol. The molecule has 1 unspecified atom stereocenters. The molecule has 1 nitrogen and oxygen atoms in total. The van der Waals surface area contributed by atoms with E-state index in [0.717, 1.165) is 12.1 Å². The Kier molecular flexibility index (Phi) is 3.76. The van der Waals surface area contributed by atoms with Crippen molar-refractivity contribution in [1.82, 2.24) is 0 Å². The van der Waals surface area contributed by atoms with Crippen molar-refractivity contribution in [2.75, 3.05) is 0 Å². The lowest BCUT2D eigenvalue weighted by molar-refractivity contribution is -0.289. The molecule has 17 heavy (non-hydrogen) atoms. The van der Waals surface area contributed by atoms with Crippen molar-refractivity contribution in [3.8, 4) is 0 Å². The highest BCUT2D eigenvalue weighted by Crippen LogP contribution is 2.43. The first-order chi connectivity index (χ1) is 7.64. The molecule has 6 heteroatoms. The second kappa shape index (κ2) is 4.60. The van der Waals surface area contributed by atoms with Crippen LogP contribution in [0.5, 0.6) is 0 Å². The maximum absolute atomic E-state index is 13.0. The van der Waals surface area contributed by atoms with Crippen molar-refractivity contribution in [3.05, 3.63) is 35.4 Å². The molecule has 0 spiro atoms. The van der Waals surface area contributed by atoms with Crippen LogP contribution in [-0.4, -0.2) is 12.2 Å². The van der Waals surface area contributed by atoms with E-state index in [4.69, 9.17) is 5.73 Å². The first-order valence-corrected chi connectivity index (χ1v) is 4.94. The zero-order valence-electron chi connectivity index (χ0n) is 9.06. The summed E-state index contributed by atoms with van der Waals surface area (Å²) in [5.41, 5.74) is 4.77. The number of nitrogens with two attached hydrogens (primary N) is 1. The highest BCUT2D eigenvalue weighted by atomic mass is 19.4. The summed E-state index contributed by atoms with van der Waals surface area (Å²) in [6.45, 7) is 1.65. The molecule has 0 saturated carbocycles. The molecule has 1 rings (SSSR count). The fourth-order valence-electron chi connectivity index (χ4n) is 1.43. The number of hydrogen-bond acceptors (Lipinski definition) is 1. The second-order valence-electron chi connectivity index (χ2n) is 3.95. The summed E-state index contributed by atoms with van der Waals surface area (Å²) in [5, 5.41) is 0. The molecule has 0 radical (unpaired) electrons. The van der Waals surface area contributed by atoms with Crippen LogP contribution in [0, 0.1) is 0 Å². The van der Waals surface area contributed by atoms with Crippen LogP contribution in [0.4, 0.5) is 22.0 Å². The van der Waals surface area contributed by atoms with Gasteiger partial charge in [0, 0.05) is 11.6 Å². The summed E-state index contributed by atoms with van der Waals surface area (Å²) >= 11 is 0. The van der Waals surface area contributed by atoms with Crippen molar-refractivity contribution in [2.45, 2.75) is 31.5 Å². The molecule has 0 saturated heterocycles. The molecule has 0 amide bonds. The number of benzene rings is 1. The average molecular weight is 253 g/mol. The Morgan fingerprint density at radius 3 is 2.24 bits per heavy atom. The molecule has 1 aromatic carbocycles. The standard InChI is InChI=1S/C11H12F5N/c1-7(17)5-8-3-2-4-9(6-8)10(12,13)11(14,15)16/h2-4,6-7H,5,17H2,1H3. The van der Waals surface area contributed by atoms with Gasteiger partial charge in [0.15, 0.2) is 0 Å². The van der Waals surface area contributed by atoms with Gasteiger partial charge in [0.05, 0.1) is 0 Å². The molecular formula is C11H12F5N. The van der Waals surface area contributed by atoms with Crippen molar-refractivity contribution in [3.63, 3.8) is 0 Å². The third kappa shape index (κ3) is 3.15. The van der Waals surface area contributed by atoms with Crippen LogP contribution in [0.3, 0.4) is 0 Å². The van der Waals surface area contributed by atoms with Gasteiger partial charge in [-0.05, 0) is 25.0 Å². The van der Waals surface area contributed by atoms with E-state index < -0.39 is 17.7 Å². The topological polar surface area (TPSA) is 26.0 Å². The molecule has 0 bridgehead atoms. The summed E-state index contributed by atoms with van der Waals surface area (Å²) in [6, 6.07) is 3.95. The first kappa shape index (κ1) is 13.9. The highest BCUT2D eigenvalue weighted by Gasteiger charge is 2.58. The second-order valence-corrected chi connectivity index (χ2v) is 3.95. The highest BCUT2D eigenvalue weighted by molar-refractivity contribution is 5.28. The monoisotopic (exact) mass is 253 g/mol. The van der Waals surface area contributed by atoms with Gasteiger partial charge >= 0.3 is 12.1 Å². The summed E-state index contributed by atoms with van der Waals surface area (Å²) in [6.07, 6.45) is -5.33. The number of halogens is 5. The molecule has 1 aromatic rings. The van der Waals surface area contributed by atoms with Crippen LogP contribution >= 0.6 is 0 Å². The Hall–Kier alpha value is -1.17. The normalized spacial score (nSPS) is 14.8. The lowest BCUT2D eigenvalue weighted by Gasteiger charge is -2.20. The lowest BCUT2D eigenvalue weighted by Crippen LogP contribution is -2.33. The predicted molar refractivity (Wildman–Crippen MR) is 53.7 cm³/mol. The zero-order valence-corrected chi connectivity index (χ0v) is 9.06. The molecule has 0 aromatic heterocycles. The molecule has 1 atom stereocenters. The summed E-state index contributed by atoms with van der Waals surface area (Å²) in [7, 11) is 0. The summed E-state index contributed by atoms with van der Waals surface area (Å²) < 4.78 is 62.5. The number of rotatable bonds is 3. The van der Waals surface area contributed by atoms with Gasteiger partial charge in [0.25, 0.3) is 0 Å². The minimum atomic E-state index is -5.58. The van der Waals surface area contributed by atoms with Gasteiger partial charge in [0.2, 0.25) is 0 Å². The third-order valence-electron chi connectivity index (χ3n) is 2.20. The van der Waals surface area contributed by atoms with E-state index in [1.165, 1.54) is 12.1 Å². The van der Waals surface area contributed by atoms with Crippen LogP contribution in [0.25, 0.3) is 0 Å². The summed E-state index contributed by atoms with van der Waals surface area (Å²) in [5.74, 6) is -4.83. The van der Waals surface area contributed by atoms with E-state index in [-0.39, 0.29) is 12.5 Å². The first-order valence-electron chi connectivity index (χ1n) is 4.94. The van der Waals surface area contributed by atoms with Crippen molar-refractivity contribution in [1.29, 1.82) is 0 Å². The van der Waals surface area contributed by atoms with Crippen LogP contribution in [-0.2, 0) is 12.3 Å². The quantitative estimate of drug-likeness (QED) is 0.822. The van der Waals surface area contributed by atoms with E-state index in [1.54, 1.807) is 6.92 Å². The van der Waals surface area contributed by atoms with Crippen LogP contribution in [0.1, 0.15) is 18.1 Å². The largest absolute Gasteiger partial charge is 0.458 e. The lowest BCUT2D eigenvalue weighted by atomic mass is 10.0. The Bertz CT molecular complexity index is 384. The van der Waals surface area contributed by atoms with E-state index in [1.807, 2.05) is 0 Å². The minimum Gasteiger partial charge on any atom is -0.328 e. The Morgan fingerprint density at radius 2 is 1.76 bits per heavy atom. The van der Waals surface area contributed by atoms with Crippen molar-refractivity contribution in [2.24, 2.45) is 5.73 Å². The van der Waals surface area contributed by atoms with Crippen LogP contribution in [0.2, 0.25) is 0 Å². The van der Waals surface area contributed by atoms with E-state index in [2.05, 4.69) is 0 Å². The molecule has 0 aliphatic carbocycles. The average Bonchev–Trinajstić information content (AvgIpc) is 2.15. The van der Waals surface area contributed by atoms with Crippen LogP contribution < -0.4 is 5.73 Å².